The summed E-state index contributed by atoms with van der Waals surface area (Å²) in [6.07, 6.45) is 3.18. The van der Waals surface area contributed by atoms with E-state index in [0.29, 0.717) is 35.2 Å². The van der Waals surface area contributed by atoms with Crippen molar-refractivity contribution in [1.82, 2.24) is 24.6 Å². The number of aromatic nitrogens is 4. The SMILES string of the molecule is CCCc1noc(-c2ncn3c2CN(C)C(=O)c2c(F)cccc2-3)n1. The Kier molecular flexibility index (Phi) is 3.60. The lowest BCUT2D eigenvalue weighted by atomic mass is 10.1. The van der Waals surface area contributed by atoms with E-state index < -0.39 is 5.82 Å². The second-order valence-electron chi connectivity index (χ2n) is 5.97. The number of nitrogens with zero attached hydrogens (tertiary/aromatic N) is 5. The van der Waals surface area contributed by atoms with Gasteiger partial charge in [0.25, 0.3) is 11.8 Å². The Morgan fingerprint density at radius 3 is 3.00 bits per heavy atom. The number of halogens is 1. The van der Waals surface area contributed by atoms with Gasteiger partial charge in [-0.3, -0.25) is 9.36 Å². The Morgan fingerprint density at radius 1 is 1.36 bits per heavy atom. The molecule has 1 aliphatic rings. The van der Waals surface area contributed by atoms with E-state index in [0.717, 1.165) is 6.42 Å². The average molecular weight is 341 g/mol. The highest BCUT2D eigenvalue weighted by molar-refractivity contribution is 5.98. The Balaban J connectivity index is 1.88. The van der Waals surface area contributed by atoms with Crippen molar-refractivity contribution in [3.8, 4) is 17.3 Å². The van der Waals surface area contributed by atoms with E-state index in [1.54, 1.807) is 30.1 Å². The summed E-state index contributed by atoms with van der Waals surface area (Å²) in [7, 11) is 1.63. The lowest BCUT2D eigenvalue weighted by molar-refractivity contribution is 0.0783. The van der Waals surface area contributed by atoms with Crippen molar-refractivity contribution >= 4 is 5.91 Å². The van der Waals surface area contributed by atoms with Crippen LogP contribution < -0.4 is 0 Å². The van der Waals surface area contributed by atoms with Gasteiger partial charge in [-0.1, -0.05) is 18.1 Å². The number of rotatable bonds is 3. The van der Waals surface area contributed by atoms with Gasteiger partial charge >= 0.3 is 0 Å². The molecule has 3 heterocycles. The molecule has 1 aliphatic heterocycles. The first-order chi connectivity index (χ1) is 12.1. The summed E-state index contributed by atoms with van der Waals surface area (Å²) >= 11 is 0. The van der Waals surface area contributed by atoms with E-state index >= 15 is 0 Å². The second kappa shape index (κ2) is 5.80. The largest absolute Gasteiger partial charge is 0.336 e. The average Bonchev–Trinajstić information content (AvgIpc) is 3.19. The monoisotopic (exact) mass is 341 g/mol. The zero-order valence-corrected chi connectivity index (χ0v) is 13.9. The Morgan fingerprint density at radius 2 is 2.20 bits per heavy atom. The van der Waals surface area contributed by atoms with Gasteiger partial charge in [0.1, 0.15) is 12.1 Å². The number of imidazole rings is 1. The van der Waals surface area contributed by atoms with Gasteiger partial charge in [0.05, 0.1) is 23.5 Å². The van der Waals surface area contributed by atoms with E-state index in [1.807, 2.05) is 6.92 Å². The maximum atomic E-state index is 14.3. The summed E-state index contributed by atoms with van der Waals surface area (Å²) < 4.78 is 21.3. The number of hydrogen-bond donors (Lipinski definition) is 0. The zero-order chi connectivity index (χ0) is 17.6. The minimum atomic E-state index is -0.555. The third kappa shape index (κ3) is 2.41. The van der Waals surface area contributed by atoms with E-state index in [1.165, 1.54) is 11.0 Å². The molecule has 2 aromatic heterocycles. The topological polar surface area (TPSA) is 77.0 Å². The van der Waals surface area contributed by atoms with E-state index in [-0.39, 0.29) is 18.0 Å². The van der Waals surface area contributed by atoms with Crippen LogP contribution in [0.15, 0.2) is 29.0 Å². The first-order valence-corrected chi connectivity index (χ1v) is 8.03. The Hall–Kier alpha value is -3.03. The highest BCUT2D eigenvalue weighted by atomic mass is 19.1. The van der Waals surface area contributed by atoms with Crippen LogP contribution in [-0.2, 0) is 13.0 Å². The maximum absolute atomic E-state index is 14.3. The Bertz CT molecular complexity index is 962. The van der Waals surface area contributed by atoms with Crippen molar-refractivity contribution in [3.63, 3.8) is 0 Å². The van der Waals surface area contributed by atoms with Gasteiger partial charge in [-0.2, -0.15) is 4.98 Å². The van der Waals surface area contributed by atoms with E-state index in [9.17, 15) is 9.18 Å². The number of aryl methyl sites for hydroxylation is 1. The molecule has 8 heteroatoms. The molecule has 0 spiro atoms. The third-order valence-corrected chi connectivity index (χ3v) is 4.21. The van der Waals surface area contributed by atoms with Crippen LogP contribution >= 0.6 is 0 Å². The van der Waals surface area contributed by atoms with Crippen molar-refractivity contribution in [2.24, 2.45) is 0 Å². The number of carbonyl (C=O) groups is 1. The minimum absolute atomic E-state index is 0.0323. The molecule has 0 unspecified atom stereocenters. The number of benzene rings is 1. The molecule has 0 aliphatic carbocycles. The fourth-order valence-corrected chi connectivity index (χ4v) is 3.00. The molecule has 0 bridgehead atoms. The minimum Gasteiger partial charge on any atom is -0.336 e. The molecular weight excluding hydrogens is 325 g/mol. The number of fused-ring (bicyclic) bond motifs is 3. The lowest BCUT2D eigenvalue weighted by Crippen LogP contribution is -2.26. The van der Waals surface area contributed by atoms with Crippen LogP contribution in [0.4, 0.5) is 4.39 Å². The quantitative estimate of drug-likeness (QED) is 0.732. The smallest absolute Gasteiger partial charge is 0.278 e. The third-order valence-electron chi connectivity index (χ3n) is 4.21. The molecule has 0 saturated carbocycles. The summed E-state index contributed by atoms with van der Waals surface area (Å²) in [5.41, 5.74) is 1.69. The molecule has 25 heavy (non-hydrogen) atoms. The zero-order valence-electron chi connectivity index (χ0n) is 13.9. The highest BCUT2D eigenvalue weighted by Crippen LogP contribution is 2.30. The predicted octanol–water partition coefficient (Wildman–Crippen LogP) is 2.60. The number of hydrogen-bond acceptors (Lipinski definition) is 5. The van der Waals surface area contributed by atoms with Crippen LogP contribution in [0.25, 0.3) is 17.3 Å². The summed E-state index contributed by atoms with van der Waals surface area (Å²) in [6.45, 7) is 2.29. The van der Waals surface area contributed by atoms with Crippen LogP contribution in [-0.4, -0.2) is 37.5 Å². The van der Waals surface area contributed by atoms with Gasteiger partial charge in [-0.15, -0.1) is 0 Å². The lowest BCUT2D eigenvalue weighted by Gasteiger charge is -2.14. The summed E-state index contributed by atoms with van der Waals surface area (Å²) in [5.74, 6) is -0.0120. The Labute approximate surface area is 143 Å². The molecule has 0 radical (unpaired) electrons. The first-order valence-electron chi connectivity index (χ1n) is 8.03. The first kappa shape index (κ1) is 15.5. The molecule has 1 aromatic carbocycles. The fraction of sp³-hybridized carbons (Fsp3) is 0.294. The normalized spacial score (nSPS) is 13.6. The van der Waals surface area contributed by atoms with Crippen molar-refractivity contribution in [3.05, 3.63) is 47.4 Å². The molecule has 128 valence electrons. The molecule has 1 amide bonds. The van der Waals surface area contributed by atoms with Crippen molar-refractivity contribution in [1.29, 1.82) is 0 Å². The summed E-state index contributed by atoms with van der Waals surface area (Å²) in [4.78, 5) is 22.8. The highest BCUT2D eigenvalue weighted by Gasteiger charge is 2.30. The summed E-state index contributed by atoms with van der Waals surface area (Å²) in [5, 5.41) is 3.95. The van der Waals surface area contributed by atoms with Crippen LogP contribution in [0.1, 0.15) is 35.2 Å². The van der Waals surface area contributed by atoms with Crippen molar-refractivity contribution in [2.75, 3.05) is 7.05 Å². The van der Waals surface area contributed by atoms with Crippen molar-refractivity contribution in [2.45, 2.75) is 26.3 Å². The molecule has 0 atom stereocenters. The predicted molar refractivity (Wildman–Crippen MR) is 86.6 cm³/mol. The van der Waals surface area contributed by atoms with Gasteiger partial charge in [0.2, 0.25) is 0 Å². The van der Waals surface area contributed by atoms with Crippen molar-refractivity contribution < 1.29 is 13.7 Å². The number of amides is 1. The van der Waals surface area contributed by atoms with E-state index in [2.05, 4.69) is 15.1 Å². The molecule has 7 nitrogen and oxygen atoms in total. The molecule has 0 fully saturated rings. The molecule has 0 N–H and O–H groups in total. The van der Waals surface area contributed by atoms with Gasteiger partial charge in [0.15, 0.2) is 11.5 Å². The van der Waals surface area contributed by atoms with E-state index in [4.69, 9.17) is 4.52 Å². The van der Waals surface area contributed by atoms with Gasteiger partial charge in [0, 0.05) is 13.5 Å². The van der Waals surface area contributed by atoms with Crippen LogP contribution in [0.5, 0.6) is 0 Å². The molecule has 4 rings (SSSR count). The second-order valence-corrected chi connectivity index (χ2v) is 5.97. The summed E-state index contributed by atoms with van der Waals surface area (Å²) in [6, 6.07) is 4.55. The van der Waals surface area contributed by atoms with Crippen LogP contribution in [0.2, 0.25) is 0 Å². The number of carbonyl (C=O) groups excluding carboxylic acids is 1. The maximum Gasteiger partial charge on any atom is 0.278 e. The van der Waals surface area contributed by atoms with Gasteiger partial charge in [-0.05, 0) is 18.6 Å². The van der Waals surface area contributed by atoms with Gasteiger partial charge in [-0.25, -0.2) is 9.37 Å². The molecule has 3 aromatic rings. The standard InChI is InChI=1S/C17H16FN5O2/c1-3-5-13-20-16(25-21-13)15-12-8-22(2)17(24)14-10(18)6-4-7-11(14)23(12)9-19-15/h4,6-7,9H,3,5,8H2,1-2H3. The van der Waals surface area contributed by atoms with Crippen LogP contribution in [0, 0.1) is 5.82 Å². The van der Waals surface area contributed by atoms with Gasteiger partial charge < -0.3 is 9.42 Å². The fourth-order valence-electron chi connectivity index (χ4n) is 3.00. The molecular formula is C17H16FN5O2. The molecule has 0 saturated heterocycles. The van der Waals surface area contributed by atoms with Crippen LogP contribution in [0.3, 0.4) is 0 Å².